The third-order valence-electron chi connectivity index (χ3n) is 5.19. The molecule has 1 aliphatic rings. The van der Waals surface area contributed by atoms with Gasteiger partial charge in [0.05, 0.1) is 14.9 Å². The summed E-state index contributed by atoms with van der Waals surface area (Å²) < 4.78 is 28.3. The molecule has 3 aromatic rings. The van der Waals surface area contributed by atoms with Crippen molar-refractivity contribution in [3.63, 3.8) is 0 Å². The number of sulfonamides is 1. The predicted molar refractivity (Wildman–Crippen MR) is 124 cm³/mol. The van der Waals surface area contributed by atoms with Crippen molar-refractivity contribution in [2.75, 3.05) is 24.5 Å². The van der Waals surface area contributed by atoms with E-state index in [0.717, 1.165) is 42.2 Å². The summed E-state index contributed by atoms with van der Waals surface area (Å²) in [5.74, 6) is 0.257. The maximum absolute atomic E-state index is 12.8. The molecule has 30 heavy (non-hydrogen) atoms. The van der Waals surface area contributed by atoms with Gasteiger partial charge in [0.2, 0.25) is 10.0 Å². The summed E-state index contributed by atoms with van der Waals surface area (Å²) in [6.45, 7) is 2.19. The minimum absolute atomic E-state index is 0.249. The summed E-state index contributed by atoms with van der Waals surface area (Å²) >= 11 is 13.7. The molecule has 1 saturated heterocycles. The molecule has 0 radical (unpaired) electrons. The summed E-state index contributed by atoms with van der Waals surface area (Å²) in [5, 5.41) is 3.91. The van der Waals surface area contributed by atoms with Crippen LogP contribution in [0.25, 0.3) is 11.1 Å². The van der Waals surface area contributed by atoms with Gasteiger partial charge in [0, 0.05) is 31.2 Å². The highest BCUT2D eigenvalue weighted by atomic mass is 35.5. The van der Waals surface area contributed by atoms with Crippen LogP contribution in [0.2, 0.25) is 10.0 Å². The fraction of sp³-hybridized carbons (Fsp3) is 0.286. The van der Waals surface area contributed by atoms with Crippen molar-refractivity contribution < 1.29 is 8.42 Å². The lowest BCUT2D eigenvalue weighted by Gasteiger charge is -2.32. The Morgan fingerprint density at radius 2 is 1.87 bits per heavy atom. The normalized spacial score (nSPS) is 17.3. The van der Waals surface area contributed by atoms with Crippen LogP contribution in [0.5, 0.6) is 0 Å². The summed E-state index contributed by atoms with van der Waals surface area (Å²) in [6.07, 6.45) is 3.83. The molecule has 1 unspecified atom stereocenters. The lowest BCUT2D eigenvalue weighted by Crippen LogP contribution is -2.41. The number of hydrogen-bond donors (Lipinski definition) is 1. The highest BCUT2D eigenvalue weighted by molar-refractivity contribution is 7.89. The maximum Gasteiger partial charge on any atom is 0.240 e. The lowest BCUT2D eigenvalue weighted by molar-refractivity contribution is 0.410. The Balaban J connectivity index is 1.40. The molecule has 0 spiro atoms. The van der Waals surface area contributed by atoms with Crippen LogP contribution in [0.3, 0.4) is 0 Å². The average molecular weight is 482 g/mol. The SMILES string of the molecule is O=S(=O)(NCC1CCCN(c2nccs2)C1)c1ccc(-c2ccc(Cl)c(Cl)c2)cc1. The van der Waals surface area contributed by atoms with Gasteiger partial charge in [0.15, 0.2) is 5.13 Å². The fourth-order valence-corrected chi connectivity index (χ4v) is 5.68. The van der Waals surface area contributed by atoms with Crippen LogP contribution in [0.1, 0.15) is 12.8 Å². The molecule has 1 atom stereocenters. The number of thiazole rings is 1. The minimum Gasteiger partial charge on any atom is -0.348 e. The third kappa shape index (κ3) is 4.98. The zero-order valence-corrected chi connectivity index (χ0v) is 19.2. The number of benzene rings is 2. The second-order valence-electron chi connectivity index (χ2n) is 7.27. The Bertz CT molecular complexity index is 1100. The smallest absolute Gasteiger partial charge is 0.240 e. The van der Waals surface area contributed by atoms with Crippen molar-refractivity contribution in [2.45, 2.75) is 17.7 Å². The minimum atomic E-state index is -3.57. The van der Waals surface area contributed by atoms with Gasteiger partial charge in [-0.05, 0) is 54.2 Å². The van der Waals surface area contributed by atoms with Gasteiger partial charge in [0.1, 0.15) is 0 Å². The van der Waals surface area contributed by atoms with Crippen molar-refractivity contribution in [3.05, 3.63) is 64.1 Å². The van der Waals surface area contributed by atoms with E-state index in [2.05, 4.69) is 14.6 Å². The molecule has 0 bridgehead atoms. The predicted octanol–water partition coefficient (Wildman–Crippen LogP) is 5.31. The molecule has 1 aliphatic heterocycles. The highest BCUT2D eigenvalue weighted by Gasteiger charge is 2.23. The second-order valence-corrected chi connectivity index (χ2v) is 10.7. The number of nitrogens with zero attached hydrogens (tertiary/aromatic N) is 2. The number of nitrogens with one attached hydrogen (secondary N) is 1. The van der Waals surface area contributed by atoms with E-state index in [0.29, 0.717) is 16.6 Å². The van der Waals surface area contributed by atoms with Crippen LogP contribution >= 0.6 is 34.5 Å². The topological polar surface area (TPSA) is 62.3 Å². The first-order chi connectivity index (χ1) is 14.4. The Morgan fingerprint density at radius 1 is 1.10 bits per heavy atom. The zero-order valence-electron chi connectivity index (χ0n) is 16.1. The monoisotopic (exact) mass is 481 g/mol. The van der Waals surface area contributed by atoms with E-state index in [1.165, 1.54) is 0 Å². The van der Waals surface area contributed by atoms with E-state index in [1.54, 1.807) is 53.9 Å². The first-order valence-corrected chi connectivity index (χ1v) is 12.7. The first-order valence-electron chi connectivity index (χ1n) is 9.62. The largest absolute Gasteiger partial charge is 0.348 e. The Labute approximate surface area is 190 Å². The van der Waals surface area contributed by atoms with E-state index in [9.17, 15) is 8.42 Å². The van der Waals surface area contributed by atoms with Gasteiger partial charge in [0.25, 0.3) is 0 Å². The molecule has 5 nitrogen and oxygen atoms in total. The molecule has 9 heteroatoms. The Morgan fingerprint density at radius 3 is 2.57 bits per heavy atom. The highest BCUT2D eigenvalue weighted by Crippen LogP contribution is 2.29. The van der Waals surface area contributed by atoms with Gasteiger partial charge in [-0.3, -0.25) is 0 Å². The van der Waals surface area contributed by atoms with E-state index < -0.39 is 10.0 Å². The Kier molecular flexibility index (Phi) is 6.65. The van der Waals surface area contributed by atoms with E-state index in [-0.39, 0.29) is 10.8 Å². The van der Waals surface area contributed by atoms with Gasteiger partial charge in [-0.1, -0.05) is 41.4 Å². The maximum atomic E-state index is 12.8. The number of anilines is 1. The van der Waals surface area contributed by atoms with Gasteiger partial charge >= 0.3 is 0 Å². The van der Waals surface area contributed by atoms with Crippen LogP contribution in [-0.4, -0.2) is 33.0 Å². The molecule has 0 saturated carbocycles. The average Bonchev–Trinajstić information content (AvgIpc) is 3.30. The van der Waals surface area contributed by atoms with Crippen molar-refractivity contribution in [3.8, 4) is 11.1 Å². The second kappa shape index (κ2) is 9.24. The molecule has 4 rings (SSSR count). The van der Waals surface area contributed by atoms with Crippen molar-refractivity contribution >= 4 is 49.7 Å². The Hall–Kier alpha value is -1.64. The molecule has 0 amide bonds. The number of aromatic nitrogens is 1. The van der Waals surface area contributed by atoms with E-state index >= 15 is 0 Å². The van der Waals surface area contributed by atoms with E-state index in [1.807, 2.05) is 11.4 Å². The molecule has 1 N–H and O–H groups in total. The fourth-order valence-electron chi connectivity index (χ4n) is 3.59. The molecule has 0 aliphatic carbocycles. The third-order valence-corrected chi connectivity index (χ3v) is 8.20. The number of halogens is 2. The molecule has 2 aromatic carbocycles. The standard InChI is InChI=1S/C21H21Cl2N3O2S2/c22-19-8-5-17(12-20(19)23)16-3-6-18(7-4-16)30(27,28)25-13-15-2-1-10-26(14-15)21-24-9-11-29-21/h3-9,11-12,15,25H,1-2,10,13-14H2. The number of rotatable bonds is 6. The molecule has 2 heterocycles. The van der Waals surface area contributed by atoms with Gasteiger partial charge in [-0.25, -0.2) is 18.1 Å². The van der Waals surface area contributed by atoms with Gasteiger partial charge in [-0.2, -0.15) is 0 Å². The van der Waals surface area contributed by atoms with Crippen LogP contribution < -0.4 is 9.62 Å². The number of piperidine rings is 1. The van der Waals surface area contributed by atoms with Crippen molar-refractivity contribution in [2.24, 2.45) is 5.92 Å². The molecular weight excluding hydrogens is 461 g/mol. The van der Waals surface area contributed by atoms with Gasteiger partial charge < -0.3 is 4.90 Å². The van der Waals surface area contributed by atoms with E-state index in [4.69, 9.17) is 23.2 Å². The molecule has 1 aromatic heterocycles. The summed E-state index contributed by atoms with van der Waals surface area (Å²) in [5.41, 5.74) is 1.75. The summed E-state index contributed by atoms with van der Waals surface area (Å²) in [7, 11) is -3.57. The molecule has 1 fully saturated rings. The van der Waals surface area contributed by atoms with Crippen LogP contribution in [0.15, 0.2) is 58.9 Å². The number of hydrogen-bond acceptors (Lipinski definition) is 5. The lowest BCUT2D eigenvalue weighted by atomic mass is 9.99. The van der Waals surface area contributed by atoms with Gasteiger partial charge in [-0.15, -0.1) is 11.3 Å². The molecule has 158 valence electrons. The first kappa shape index (κ1) is 21.6. The summed E-state index contributed by atoms with van der Waals surface area (Å²) in [4.78, 5) is 6.85. The van der Waals surface area contributed by atoms with Crippen LogP contribution in [0.4, 0.5) is 5.13 Å². The molecular formula is C21H21Cl2N3O2S2. The zero-order chi connectivity index (χ0) is 21.1. The summed E-state index contributed by atoms with van der Waals surface area (Å²) in [6, 6.07) is 12.1. The van der Waals surface area contributed by atoms with Crippen molar-refractivity contribution in [1.29, 1.82) is 0 Å². The van der Waals surface area contributed by atoms with Crippen LogP contribution in [-0.2, 0) is 10.0 Å². The van der Waals surface area contributed by atoms with Crippen LogP contribution in [0, 0.1) is 5.92 Å². The van der Waals surface area contributed by atoms with Crippen molar-refractivity contribution in [1.82, 2.24) is 9.71 Å². The quantitative estimate of drug-likeness (QED) is 0.517.